The van der Waals surface area contributed by atoms with Gasteiger partial charge >= 0.3 is 19.8 Å². The summed E-state index contributed by atoms with van der Waals surface area (Å²) in [5.74, 6) is -0.822. The summed E-state index contributed by atoms with van der Waals surface area (Å²) in [6.45, 7) is 3.65. The number of hydrogen-bond acceptors (Lipinski definition) is 8. The molecular formula is C77H134NO8P. The van der Waals surface area contributed by atoms with Crippen LogP contribution in [0.15, 0.2) is 122 Å². The number of ether oxygens (including phenoxy) is 2. The second-order valence-corrected chi connectivity index (χ2v) is 25.2. The van der Waals surface area contributed by atoms with Crippen LogP contribution in [0.1, 0.15) is 322 Å². The maximum absolute atomic E-state index is 12.8. The van der Waals surface area contributed by atoms with Crippen molar-refractivity contribution >= 4 is 19.8 Å². The van der Waals surface area contributed by atoms with Crippen molar-refractivity contribution in [1.29, 1.82) is 0 Å². The van der Waals surface area contributed by atoms with Crippen molar-refractivity contribution in [1.82, 2.24) is 0 Å². The van der Waals surface area contributed by atoms with Gasteiger partial charge in [-0.25, -0.2) is 4.57 Å². The number of phosphoric ester groups is 1. The van der Waals surface area contributed by atoms with E-state index in [4.69, 9.17) is 24.3 Å². The van der Waals surface area contributed by atoms with Gasteiger partial charge in [-0.15, -0.1) is 0 Å². The summed E-state index contributed by atoms with van der Waals surface area (Å²) >= 11 is 0. The van der Waals surface area contributed by atoms with Gasteiger partial charge in [0.2, 0.25) is 0 Å². The number of unbranched alkanes of at least 4 members (excludes halogenated alkanes) is 34. The molecule has 10 heteroatoms. The van der Waals surface area contributed by atoms with E-state index in [2.05, 4.69) is 135 Å². The monoisotopic (exact) mass is 1230 g/mol. The SMILES string of the molecule is CC/C=C\C/C=C\C/C=C\C/C=C\C/C=C\C/C=C\C/C=C\C/C=C\CCCCCCCCCCCCCCCCC(=O)OC(COC(=O)CCCCCCCCCCCCCCCCC/C=C\C/C=C\CCCCCCC)COP(=O)(O)OCCN. The molecule has 0 fully saturated rings. The van der Waals surface area contributed by atoms with Crippen molar-refractivity contribution in [2.75, 3.05) is 26.4 Å². The highest BCUT2D eigenvalue weighted by atomic mass is 31.2. The van der Waals surface area contributed by atoms with E-state index in [9.17, 15) is 19.0 Å². The Labute approximate surface area is 536 Å². The van der Waals surface area contributed by atoms with Crippen LogP contribution in [0.2, 0.25) is 0 Å². The van der Waals surface area contributed by atoms with Crippen LogP contribution in [-0.2, 0) is 32.7 Å². The lowest BCUT2D eigenvalue weighted by molar-refractivity contribution is -0.161. The Hall–Kier alpha value is -3.59. The van der Waals surface area contributed by atoms with E-state index in [0.29, 0.717) is 6.42 Å². The summed E-state index contributed by atoms with van der Waals surface area (Å²) in [7, 11) is -4.40. The Kier molecular flexibility index (Phi) is 68.5. The molecule has 0 radical (unpaired) electrons. The van der Waals surface area contributed by atoms with Gasteiger partial charge in [-0.2, -0.15) is 0 Å². The van der Waals surface area contributed by atoms with Gasteiger partial charge in [0.1, 0.15) is 6.61 Å². The summed E-state index contributed by atoms with van der Waals surface area (Å²) in [5.41, 5.74) is 5.40. The van der Waals surface area contributed by atoms with Gasteiger partial charge in [-0.05, 0) is 109 Å². The predicted molar refractivity (Wildman–Crippen MR) is 376 cm³/mol. The maximum Gasteiger partial charge on any atom is 0.472 e. The van der Waals surface area contributed by atoms with Crippen molar-refractivity contribution in [2.45, 2.75) is 328 Å². The summed E-state index contributed by atoms with van der Waals surface area (Å²) in [5, 5.41) is 0. The Bertz CT molecular complexity index is 1840. The third kappa shape index (κ3) is 71.4. The maximum atomic E-state index is 12.8. The molecule has 0 spiro atoms. The number of hydrogen-bond donors (Lipinski definition) is 2. The molecule has 0 aromatic carbocycles. The molecule has 2 unspecified atom stereocenters. The lowest BCUT2D eigenvalue weighted by Crippen LogP contribution is -2.29. The second-order valence-electron chi connectivity index (χ2n) is 23.7. The van der Waals surface area contributed by atoms with E-state index in [0.717, 1.165) is 96.3 Å². The van der Waals surface area contributed by atoms with Crippen LogP contribution in [0.3, 0.4) is 0 Å². The molecule has 0 aliphatic carbocycles. The fourth-order valence-corrected chi connectivity index (χ4v) is 10.8. The number of phosphoric acid groups is 1. The van der Waals surface area contributed by atoms with Crippen molar-refractivity contribution in [3.05, 3.63) is 122 Å². The summed E-state index contributed by atoms with van der Waals surface area (Å²) < 4.78 is 33.2. The predicted octanol–water partition coefficient (Wildman–Crippen LogP) is 23.9. The molecule has 0 aliphatic heterocycles. The number of rotatable bonds is 67. The molecule has 0 aromatic heterocycles. The average Bonchev–Trinajstić information content (AvgIpc) is 3.64. The molecule has 9 nitrogen and oxygen atoms in total. The average molecular weight is 1230 g/mol. The van der Waals surface area contributed by atoms with E-state index in [1.807, 2.05) is 0 Å². The highest BCUT2D eigenvalue weighted by Gasteiger charge is 2.26. The number of carbonyl (C=O) groups is 2. The molecule has 0 rings (SSSR count). The lowest BCUT2D eigenvalue weighted by Gasteiger charge is -2.19. The van der Waals surface area contributed by atoms with E-state index < -0.39 is 26.5 Å². The van der Waals surface area contributed by atoms with E-state index in [-0.39, 0.29) is 38.6 Å². The first-order chi connectivity index (χ1) is 42.8. The van der Waals surface area contributed by atoms with Crippen LogP contribution in [0, 0.1) is 0 Å². The van der Waals surface area contributed by atoms with E-state index in [1.165, 1.54) is 193 Å². The fourth-order valence-electron chi connectivity index (χ4n) is 10.0. The van der Waals surface area contributed by atoms with Crippen LogP contribution in [0.4, 0.5) is 0 Å². The Balaban J connectivity index is 3.88. The molecule has 500 valence electrons. The van der Waals surface area contributed by atoms with Crippen LogP contribution in [0.25, 0.3) is 0 Å². The quantitative estimate of drug-likeness (QED) is 0.0264. The van der Waals surface area contributed by atoms with Crippen molar-refractivity contribution in [2.24, 2.45) is 5.73 Å². The van der Waals surface area contributed by atoms with Gasteiger partial charge in [0.05, 0.1) is 13.2 Å². The Morgan fingerprint density at radius 3 is 0.943 bits per heavy atom. The highest BCUT2D eigenvalue weighted by Crippen LogP contribution is 2.43. The van der Waals surface area contributed by atoms with Gasteiger partial charge in [0, 0.05) is 19.4 Å². The molecule has 2 atom stereocenters. The minimum absolute atomic E-state index is 0.0502. The topological polar surface area (TPSA) is 134 Å². The zero-order valence-corrected chi connectivity index (χ0v) is 57.1. The molecule has 0 saturated heterocycles. The first kappa shape index (κ1) is 83.4. The van der Waals surface area contributed by atoms with Crippen molar-refractivity contribution < 1.29 is 37.6 Å². The standard InChI is InChI=1S/C77H134NO8P/c1-3-5-7-9-11-13-15-17-19-21-23-25-27-29-31-32-33-34-35-36-37-38-39-40-41-42-44-46-48-50-52-54-56-58-60-62-64-66-68-70-77(80)86-75(74-85-87(81,82)84-72-71-78)73-83-76(79)69-67-65-63-61-59-57-55-53-51-49-47-45-43-30-28-26-24-22-20-18-16-14-12-10-8-6-4-2/h5,7,11,13,16-19,22-25,29,31,33-34,36-37,39-40,75H,3-4,6,8-10,12,14-15,20-21,26-28,30,32,35,38,41-74,78H2,1-2H3,(H,81,82)/b7-5-,13-11-,18-16-,19-17-,24-22-,25-23-,31-29-,34-33-,37-36-,40-39-. The van der Waals surface area contributed by atoms with Gasteiger partial charge in [0.15, 0.2) is 6.10 Å². The minimum Gasteiger partial charge on any atom is -0.462 e. The summed E-state index contributed by atoms with van der Waals surface area (Å²) in [6.07, 6.45) is 100. The van der Waals surface area contributed by atoms with Crippen LogP contribution in [0.5, 0.6) is 0 Å². The highest BCUT2D eigenvalue weighted by molar-refractivity contribution is 7.47. The third-order valence-corrected chi connectivity index (χ3v) is 16.3. The molecule has 3 N–H and O–H groups in total. The summed E-state index contributed by atoms with van der Waals surface area (Å²) in [6, 6.07) is 0. The number of carbonyl (C=O) groups excluding carboxylic acids is 2. The number of nitrogens with two attached hydrogens (primary N) is 1. The first-order valence-electron chi connectivity index (χ1n) is 36.0. The molecule has 0 aromatic rings. The first-order valence-corrected chi connectivity index (χ1v) is 37.5. The van der Waals surface area contributed by atoms with Crippen molar-refractivity contribution in [3.8, 4) is 0 Å². The zero-order chi connectivity index (χ0) is 63.0. The van der Waals surface area contributed by atoms with Gasteiger partial charge in [0.25, 0.3) is 0 Å². The van der Waals surface area contributed by atoms with Gasteiger partial charge in [-0.3, -0.25) is 18.6 Å². The van der Waals surface area contributed by atoms with E-state index in [1.54, 1.807) is 0 Å². The summed E-state index contributed by atoms with van der Waals surface area (Å²) in [4.78, 5) is 35.4. The molecular weight excluding hydrogens is 1100 g/mol. The third-order valence-electron chi connectivity index (χ3n) is 15.3. The van der Waals surface area contributed by atoms with E-state index >= 15 is 0 Å². The molecule has 0 saturated carbocycles. The Morgan fingerprint density at radius 1 is 0.356 bits per heavy atom. The van der Waals surface area contributed by atoms with Gasteiger partial charge < -0.3 is 20.1 Å². The largest absolute Gasteiger partial charge is 0.472 e. The normalized spacial score (nSPS) is 13.7. The molecule has 0 heterocycles. The number of esters is 2. The molecule has 0 aliphatic rings. The van der Waals surface area contributed by atoms with Crippen LogP contribution >= 0.6 is 7.82 Å². The smallest absolute Gasteiger partial charge is 0.462 e. The molecule has 0 bridgehead atoms. The minimum atomic E-state index is -4.40. The van der Waals surface area contributed by atoms with Crippen molar-refractivity contribution in [3.63, 3.8) is 0 Å². The van der Waals surface area contributed by atoms with Crippen LogP contribution < -0.4 is 5.73 Å². The number of allylic oxidation sites excluding steroid dienone is 20. The molecule has 0 amide bonds. The second kappa shape index (κ2) is 71.5. The fraction of sp³-hybridized carbons (Fsp3) is 0.714. The zero-order valence-electron chi connectivity index (χ0n) is 56.2. The van der Waals surface area contributed by atoms with Crippen LogP contribution in [-0.4, -0.2) is 49.3 Å². The van der Waals surface area contributed by atoms with Gasteiger partial charge in [-0.1, -0.05) is 322 Å². The molecule has 87 heavy (non-hydrogen) atoms. The lowest BCUT2D eigenvalue weighted by atomic mass is 10.0. The Morgan fingerprint density at radius 2 is 0.632 bits per heavy atom.